The van der Waals surface area contributed by atoms with Gasteiger partial charge in [-0.25, -0.2) is 4.98 Å². The number of aromatic nitrogens is 1. The fourth-order valence-corrected chi connectivity index (χ4v) is 2.45. The van der Waals surface area contributed by atoms with Crippen LogP contribution in [-0.2, 0) is 10.4 Å². The number of hydrogen-bond acceptors (Lipinski definition) is 5. The van der Waals surface area contributed by atoms with Crippen LogP contribution in [0.4, 0.5) is 0 Å². The first-order chi connectivity index (χ1) is 5.99. The molecule has 1 aromatic rings. The van der Waals surface area contributed by atoms with Gasteiger partial charge in [-0.3, -0.25) is 0 Å². The van der Waals surface area contributed by atoms with Gasteiger partial charge in [0.2, 0.25) is 5.75 Å². The van der Waals surface area contributed by atoms with Crippen molar-refractivity contribution in [2.45, 2.75) is 0 Å². The van der Waals surface area contributed by atoms with Crippen molar-refractivity contribution in [3.63, 3.8) is 0 Å². The van der Waals surface area contributed by atoms with Crippen LogP contribution in [0.5, 0.6) is 11.5 Å². The highest BCUT2D eigenvalue weighted by atomic mass is 79.9. The zero-order valence-electron chi connectivity index (χ0n) is 5.82. The third-order valence-corrected chi connectivity index (χ3v) is 2.95. The third-order valence-electron chi connectivity index (χ3n) is 1.28. The maximum Gasteiger partial charge on any atom is 0.501 e. The Morgan fingerprint density at radius 1 is 1.46 bits per heavy atom. The number of hydrogen-bond donors (Lipinski definition) is 0. The first-order valence-electron chi connectivity index (χ1n) is 2.97. The van der Waals surface area contributed by atoms with E-state index in [0.29, 0.717) is 0 Å². The molecule has 0 atom stereocenters. The van der Waals surface area contributed by atoms with Gasteiger partial charge in [0.05, 0.1) is 6.20 Å². The molecule has 0 N–H and O–H groups in total. The van der Waals surface area contributed by atoms with Gasteiger partial charge in [-0.05, 0) is 15.9 Å². The lowest BCUT2D eigenvalue weighted by atomic mass is 10.4. The Balaban J connectivity index is 2.72. The van der Waals surface area contributed by atoms with Crippen molar-refractivity contribution in [1.82, 2.24) is 4.98 Å². The molecule has 5 nitrogen and oxygen atoms in total. The van der Waals surface area contributed by atoms with E-state index in [2.05, 4.69) is 29.3 Å². The lowest BCUT2D eigenvalue weighted by Crippen LogP contribution is -2.21. The number of nitrogens with zero attached hydrogens (tertiary/aromatic N) is 1. The summed E-state index contributed by atoms with van der Waals surface area (Å²) in [5.74, 6) is -0.0865. The predicted octanol–water partition coefficient (Wildman–Crippen LogP) is 1.51. The molecule has 0 fully saturated rings. The van der Waals surface area contributed by atoms with E-state index < -0.39 is 10.4 Å². The minimum absolute atomic E-state index is 0.0360. The second-order valence-corrected chi connectivity index (χ2v) is 4.41. The van der Waals surface area contributed by atoms with Crippen molar-refractivity contribution in [2.75, 3.05) is 0 Å². The van der Waals surface area contributed by atoms with E-state index in [-0.39, 0.29) is 21.1 Å². The number of fused-ring (bicyclic) bond motifs is 2. The van der Waals surface area contributed by atoms with Gasteiger partial charge in [0, 0.05) is 0 Å². The van der Waals surface area contributed by atoms with E-state index in [1.54, 1.807) is 0 Å². The Labute approximate surface area is 87.1 Å². The average molecular weight is 286 g/mol. The van der Waals surface area contributed by atoms with Crippen molar-refractivity contribution in [3.05, 3.63) is 15.8 Å². The minimum atomic E-state index is -4.03. The maximum absolute atomic E-state index is 10.9. The standard InChI is InChI=1S/C5HBrClNO4S/c6-5-4-3(7)2(1-8-5)11-13(9,10)12-4/h1H. The third kappa shape index (κ3) is 1.47. The van der Waals surface area contributed by atoms with Crippen molar-refractivity contribution >= 4 is 37.9 Å². The molecule has 1 aromatic heterocycles. The molecule has 1 aliphatic rings. The SMILES string of the molecule is O=S1(=O)Oc2cnc(Br)c(c2Cl)O1. The normalized spacial score (nSPS) is 17.4. The largest absolute Gasteiger partial charge is 0.501 e. The van der Waals surface area contributed by atoms with Gasteiger partial charge in [-0.1, -0.05) is 11.6 Å². The highest BCUT2D eigenvalue weighted by Gasteiger charge is 2.30. The number of pyridine rings is 1. The van der Waals surface area contributed by atoms with E-state index in [0.717, 1.165) is 0 Å². The molecule has 2 heterocycles. The highest BCUT2D eigenvalue weighted by Crippen LogP contribution is 2.42. The molecule has 0 saturated heterocycles. The summed E-state index contributed by atoms with van der Waals surface area (Å²) in [6.07, 6.45) is 1.19. The Kier molecular flexibility index (Phi) is 1.90. The Morgan fingerprint density at radius 3 is 2.85 bits per heavy atom. The molecule has 2 bridgehead atoms. The monoisotopic (exact) mass is 285 g/mol. The van der Waals surface area contributed by atoms with Gasteiger partial charge < -0.3 is 8.37 Å². The summed E-state index contributed by atoms with van der Waals surface area (Å²) in [6.45, 7) is 0. The van der Waals surface area contributed by atoms with E-state index in [1.807, 2.05) is 0 Å². The van der Waals surface area contributed by atoms with Crippen LogP contribution in [0, 0.1) is 0 Å². The van der Waals surface area contributed by atoms with Crippen LogP contribution in [0.3, 0.4) is 0 Å². The molecule has 0 aromatic carbocycles. The number of halogens is 2. The van der Waals surface area contributed by atoms with Gasteiger partial charge in [0.25, 0.3) is 0 Å². The van der Waals surface area contributed by atoms with Gasteiger partial charge in [0.1, 0.15) is 5.02 Å². The van der Waals surface area contributed by atoms with E-state index in [9.17, 15) is 8.42 Å². The fourth-order valence-electron chi connectivity index (χ4n) is 0.791. The van der Waals surface area contributed by atoms with Gasteiger partial charge >= 0.3 is 10.4 Å². The van der Waals surface area contributed by atoms with Crippen molar-refractivity contribution < 1.29 is 16.8 Å². The molecule has 0 aliphatic carbocycles. The molecule has 1 aliphatic heterocycles. The molecule has 0 radical (unpaired) electrons. The fraction of sp³-hybridized carbons (Fsp3) is 0. The first kappa shape index (κ1) is 9.04. The predicted molar refractivity (Wildman–Crippen MR) is 47.1 cm³/mol. The topological polar surface area (TPSA) is 65.5 Å². The van der Waals surface area contributed by atoms with Crippen molar-refractivity contribution in [2.24, 2.45) is 0 Å². The molecule has 0 spiro atoms. The van der Waals surface area contributed by atoms with E-state index in [1.165, 1.54) is 6.20 Å². The van der Waals surface area contributed by atoms with Crippen LogP contribution in [0.25, 0.3) is 0 Å². The summed E-state index contributed by atoms with van der Waals surface area (Å²) < 4.78 is 30.9. The van der Waals surface area contributed by atoms with Gasteiger partial charge in [0.15, 0.2) is 10.4 Å². The lowest BCUT2D eigenvalue weighted by molar-refractivity contribution is 0.375. The quantitative estimate of drug-likeness (QED) is 0.676. The summed E-state index contributed by atoms with van der Waals surface area (Å²) in [6, 6.07) is 0. The molecule has 0 unspecified atom stereocenters. The molecule has 8 heteroatoms. The molecule has 13 heavy (non-hydrogen) atoms. The second-order valence-electron chi connectivity index (χ2n) is 2.13. The van der Waals surface area contributed by atoms with Crippen LogP contribution in [-0.4, -0.2) is 13.4 Å². The van der Waals surface area contributed by atoms with Crippen LogP contribution in [0.15, 0.2) is 10.8 Å². The van der Waals surface area contributed by atoms with Crippen LogP contribution >= 0.6 is 27.5 Å². The Bertz CT molecular complexity index is 474. The first-order valence-corrected chi connectivity index (χ1v) is 5.48. The average Bonchev–Trinajstić information content (AvgIpc) is 2.02. The summed E-state index contributed by atoms with van der Waals surface area (Å²) in [5.41, 5.74) is 0. The van der Waals surface area contributed by atoms with Crippen LogP contribution in [0.2, 0.25) is 5.02 Å². The number of rotatable bonds is 0. The van der Waals surface area contributed by atoms with Crippen molar-refractivity contribution in [3.8, 4) is 11.5 Å². The minimum Gasteiger partial charge on any atom is -0.349 e. The molecule has 2 rings (SSSR count). The van der Waals surface area contributed by atoms with E-state index in [4.69, 9.17) is 11.6 Å². The second kappa shape index (κ2) is 2.73. The molecular formula is C5HBrClNO4S. The summed E-state index contributed by atoms with van der Waals surface area (Å²) in [5, 5.41) is 0.0803. The Morgan fingerprint density at radius 2 is 2.15 bits per heavy atom. The van der Waals surface area contributed by atoms with Gasteiger partial charge in [-0.2, -0.15) is 0 Å². The maximum atomic E-state index is 10.9. The lowest BCUT2D eigenvalue weighted by Gasteiger charge is -2.16. The molecule has 0 amide bonds. The van der Waals surface area contributed by atoms with Crippen LogP contribution in [0.1, 0.15) is 0 Å². The smallest absolute Gasteiger partial charge is 0.349 e. The summed E-state index contributed by atoms with van der Waals surface area (Å²) in [7, 11) is -4.03. The molecular weight excluding hydrogens is 285 g/mol. The zero-order valence-corrected chi connectivity index (χ0v) is 8.98. The van der Waals surface area contributed by atoms with Crippen LogP contribution < -0.4 is 8.37 Å². The van der Waals surface area contributed by atoms with E-state index >= 15 is 0 Å². The zero-order chi connectivity index (χ0) is 9.64. The molecule has 70 valence electrons. The summed E-state index contributed by atoms with van der Waals surface area (Å²) in [4.78, 5) is 3.74. The molecule has 0 saturated carbocycles. The van der Waals surface area contributed by atoms with Gasteiger partial charge in [-0.15, -0.1) is 8.42 Å². The Hall–Kier alpha value is -0.530. The summed E-state index contributed by atoms with van der Waals surface area (Å²) >= 11 is 8.68. The highest BCUT2D eigenvalue weighted by molar-refractivity contribution is 9.10. The van der Waals surface area contributed by atoms with Crippen molar-refractivity contribution in [1.29, 1.82) is 0 Å².